The molecule has 0 spiro atoms. The average molecular weight is 349 g/mol. The van der Waals surface area contributed by atoms with Crippen molar-refractivity contribution in [3.05, 3.63) is 23.8 Å². The molecule has 6 heteroatoms. The van der Waals surface area contributed by atoms with Gasteiger partial charge in [0.05, 0.1) is 25.2 Å². The Hall–Kier alpha value is -2.24. The summed E-state index contributed by atoms with van der Waals surface area (Å²) in [5.41, 5.74) is 0.474. The van der Waals surface area contributed by atoms with Crippen molar-refractivity contribution in [2.24, 2.45) is 11.8 Å². The zero-order valence-electron chi connectivity index (χ0n) is 15.1. The van der Waals surface area contributed by atoms with Crippen LogP contribution in [0.3, 0.4) is 0 Å². The Labute approximate surface area is 148 Å². The molecule has 1 aromatic rings. The van der Waals surface area contributed by atoms with Crippen LogP contribution in [0, 0.1) is 11.8 Å². The third-order valence-corrected chi connectivity index (χ3v) is 4.42. The van der Waals surface area contributed by atoms with Gasteiger partial charge in [0.15, 0.2) is 0 Å². The molecule has 0 saturated heterocycles. The van der Waals surface area contributed by atoms with Crippen LogP contribution in [0.4, 0.5) is 0 Å². The maximum absolute atomic E-state index is 12.6. The van der Waals surface area contributed by atoms with Gasteiger partial charge in [-0.3, -0.25) is 9.59 Å². The number of carbonyl (C=O) groups excluding carboxylic acids is 1. The topological polar surface area (TPSA) is 84.9 Å². The zero-order chi connectivity index (χ0) is 18.4. The van der Waals surface area contributed by atoms with Gasteiger partial charge < -0.3 is 19.9 Å². The van der Waals surface area contributed by atoms with Gasteiger partial charge in [0.25, 0.3) is 5.91 Å². The molecule has 0 aliphatic heterocycles. The summed E-state index contributed by atoms with van der Waals surface area (Å²) in [5.74, 6) is 0.249. The molecule has 1 fully saturated rings. The Morgan fingerprint density at radius 1 is 1.24 bits per heavy atom. The predicted octanol–water partition coefficient (Wildman–Crippen LogP) is 3.10. The number of nitrogens with one attached hydrogen (secondary N) is 1. The van der Waals surface area contributed by atoms with E-state index in [1.807, 2.05) is 13.8 Å². The predicted molar refractivity (Wildman–Crippen MR) is 94.2 cm³/mol. The highest BCUT2D eigenvalue weighted by molar-refractivity contribution is 5.97. The molecule has 2 N–H and O–H groups in total. The molecular weight excluding hydrogens is 322 g/mol. The van der Waals surface area contributed by atoms with E-state index in [9.17, 15) is 9.59 Å². The number of methoxy groups -OCH3 is 1. The van der Waals surface area contributed by atoms with E-state index in [2.05, 4.69) is 5.32 Å². The highest BCUT2D eigenvalue weighted by Gasteiger charge is 2.27. The van der Waals surface area contributed by atoms with E-state index >= 15 is 0 Å². The van der Waals surface area contributed by atoms with E-state index in [1.165, 1.54) is 0 Å². The normalized spacial score (nSPS) is 20.2. The summed E-state index contributed by atoms with van der Waals surface area (Å²) in [6, 6.07) is 5.16. The number of benzene rings is 1. The number of hydrogen-bond acceptors (Lipinski definition) is 4. The minimum atomic E-state index is -0.746. The number of carboxylic acids is 1. The smallest absolute Gasteiger partial charge is 0.306 e. The molecule has 0 bridgehead atoms. The third-order valence-electron chi connectivity index (χ3n) is 4.42. The zero-order valence-corrected chi connectivity index (χ0v) is 15.1. The van der Waals surface area contributed by atoms with Gasteiger partial charge in [-0.15, -0.1) is 0 Å². The number of amides is 1. The second-order valence-electron chi connectivity index (χ2n) is 6.93. The summed E-state index contributed by atoms with van der Waals surface area (Å²) in [6.07, 6.45) is 2.56. The van der Waals surface area contributed by atoms with Crippen molar-refractivity contribution < 1.29 is 24.2 Å². The summed E-state index contributed by atoms with van der Waals surface area (Å²) >= 11 is 0. The fourth-order valence-corrected chi connectivity index (χ4v) is 2.94. The maximum atomic E-state index is 12.6. The van der Waals surface area contributed by atoms with Gasteiger partial charge >= 0.3 is 5.97 Å². The molecule has 138 valence electrons. The van der Waals surface area contributed by atoms with Gasteiger partial charge in [0, 0.05) is 12.1 Å². The average Bonchev–Trinajstić information content (AvgIpc) is 2.60. The van der Waals surface area contributed by atoms with Crippen molar-refractivity contribution in [1.82, 2.24) is 5.32 Å². The van der Waals surface area contributed by atoms with Crippen molar-refractivity contribution in [3.63, 3.8) is 0 Å². The van der Waals surface area contributed by atoms with Gasteiger partial charge in [-0.2, -0.15) is 0 Å². The molecule has 1 aliphatic rings. The fraction of sp³-hybridized carbons (Fsp3) is 0.579. The largest absolute Gasteiger partial charge is 0.497 e. The number of hydrogen-bond donors (Lipinski definition) is 2. The van der Waals surface area contributed by atoms with Crippen molar-refractivity contribution in [2.75, 3.05) is 13.7 Å². The van der Waals surface area contributed by atoms with Crippen LogP contribution in [0.5, 0.6) is 11.5 Å². The molecule has 0 unspecified atom stereocenters. The molecule has 1 aliphatic carbocycles. The molecule has 1 amide bonds. The molecule has 0 radical (unpaired) electrons. The Bertz CT molecular complexity index is 606. The molecular formula is C19H27NO5. The number of rotatable bonds is 7. The van der Waals surface area contributed by atoms with Crippen molar-refractivity contribution in [3.8, 4) is 11.5 Å². The van der Waals surface area contributed by atoms with Crippen molar-refractivity contribution in [1.29, 1.82) is 0 Å². The molecule has 25 heavy (non-hydrogen) atoms. The first-order chi connectivity index (χ1) is 11.9. The summed E-state index contributed by atoms with van der Waals surface area (Å²) in [5, 5.41) is 12.1. The molecule has 1 aromatic carbocycles. The van der Waals surface area contributed by atoms with Gasteiger partial charge in [0.1, 0.15) is 11.5 Å². The number of carbonyl (C=O) groups is 2. The first kappa shape index (κ1) is 19.1. The van der Waals surface area contributed by atoms with Gasteiger partial charge in [-0.1, -0.05) is 13.8 Å². The standard InChI is InChI=1S/C19H27NO5/c1-12(2)11-25-17-10-15(24-3)8-9-16(17)18(21)20-14-6-4-13(5-7-14)19(22)23/h8-10,12-14H,4-7,11H2,1-3H3,(H,20,21)(H,22,23). The Morgan fingerprint density at radius 2 is 1.92 bits per heavy atom. The monoisotopic (exact) mass is 349 g/mol. The number of carboxylic acid groups (broad SMARTS) is 1. The lowest BCUT2D eigenvalue weighted by Crippen LogP contribution is -2.38. The van der Waals surface area contributed by atoms with Crippen LogP contribution in [0.1, 0.15) is 49.9 Å². The van der Waals surface area contributed by atoms with Gasteiger partial charge in [0.2, 0.25) is 0 Å². The van der Waals surface area contributed by atoms with Crippen LogP contribution in [0.2, 0.25) is 0 Å². The van der Waals surface area contributed by atoms with Crippen LogP contribution >= 0.6 is 0 Å². The Balaban J connectivity index is 2.04. The summed E-state index contributed by atoms with van der Waals surface area (Å²) in [7, 11) is 1.57. The Kier molecular flexibility index (Phi) is 6.67. The third kappa shape index (κ3) is 5.37. The second-order valence-corrected chi connectivity index (χ2v) is 6.93. The van der Waals surface area contributed by atoms with E-state index in [0.717, 1.165) is 0 Å². The minimum Gasteiger partial charge on any atom is -0.497 e. The quantitative estimate of drug-likeness (QED) is 0.790. The van der Waals surface area contributed by atoms with Gasteiger partial charge in [-0.25, -0.2) is 0 Å². The lowest BCUT2D eigenvalue weighted by Gasteiger charge is -2.27. The summed E-state index contributed by atoms with van der Waals surface area (Å²) in [4.78, 5) is 23.7. The first-order valence-corrected chi connectivity index (χ1v) is 8.75. The van der Waals surface area contributed by atoms with E-state index in [-0.39, 0.29) is 17.9 Å². The highest BCUT2D eigenvalue weighted by atomic mass is 16.5. The molecule has 0 atom stereocenters. The molecule has 2 rings (SSSR count). The minimum absolute atomic E-state index is 0.00292. The lowest BCUT2D eigenvalue weighted by atomic mass is 9.86. The van der Waals surface area contributed by atoms with E-state index in [1.54, 1.807) is 25.3 Å². The molecule has 6 nitrogen and oxygen atoms in total. The molecule has 0 aromatic heterocycles. The SMILES string of the molecule is COc1ccc(C(=O)NC2CCC(C(=O)O)CC2)c(OCC(C)C)c1. The maximum Gasteiger partial charge on any atom is 0.306 e. The van der Waals surface area contributed by atoms with Crippen LogP contribution in [0.15, 0.2) is 18.2 Å². The number of ether oxygens (including phenoxy) is 2. The fourth-order valence-electron chi connectivity index (χ4n) is 2.94. The van der Waals surface area contributed by atoms with Crippen LogP contribution in [0.25, 0.3) is 0 Å². The highest BCUT2D eigenvalue weighted by Crippen LogP contribution is 2.28. The van der Waals surface area contributed by atoms with Crippen LogP contribution in [-0.2, 0) is 4.79 Å². The van der Waals surface area contributed by atoms with E-state index < -0.39 is 5.97 Å². The van der Waals surface area contributed by atoms with E-state index in [4.69, 9.17) is 14.6 Å². The van der Waals surface area contributed by atoms with Crippen LogP contribution in [-0.4, -0.2) is 36.7 Å². The lowest BCUT2D eigenvalue weighted by molar-refractivity contribution is -0.142. The van der Waals surface area contributed by atoms with Gasteiger partial charge in [-0.05, 0) is 43.7 Å². The molecule has 0 heterocycles. The van der Waals surface area contributed by atoms with Crippen molar-refractivity contribution >= 4 is 11.9 Å². The van der Waals surface area contributed by atoms with E-state index in [0.29, 0.717) is 55.3 Å². The number of aliphatic carboxylic acids is 1. The summed E-state index contributed by atoms with van der Waals surface area (Å²) in [6.45, 7) is 4.60. The second kappa shape index (κ2) is 8.74. The van der Waals surface area contributed by atoms with Crippen LogP contribution < -0.4 is 14.8 Å². The first-order valence-electron chi connectivity index (χ1n) is 8.75. The molecule has 1 saturated carbocycles. The summed E-state index contributed by atoms with van der Waals surface area (Å²) < 4.78 is 11.0. The van der Waals surface area contributed by atoms with Crippen molar-refractivity contribution in [2.45, 2.75) is 45.6 Å². The Morgan fingerprint density at radius 3 is 2.48 bits per heavy atom.